The van der Waals surface area contributed by atoms with Gasteiger partial charge in [-0.3, -0.25) is 0 Å². The minimum absolute atomic E-state index is 0.350. The van der Waals surface area contributed by atoms with E-state index >= 15 is 0 Å². The molecule has 1 aliphatic rings. The molecule has 2 aromatic carbocycles. The number of hydrogen-bond acceptors (Lipinski definition) is 2. The van der Waals surface area contributed by atoms with Crippen molar-refractivity contribution < 1.29 is 0 Å². The first-order chi connectivity index (χ1) is 12.5. The predicted molar refractivity (Wildman–Crippen MR) is 114 cm³/mol. The van der Waals surface area contributed by atoms with Gasteiger partial charge >= 0.3 is 0 Å². The van der Waals surface area contributed by atoms with E-state index in [-0.39, 0.29) is 5.41 Å². The Balaban J connectivity index is 1.66. The summed E-state index contributed by atoms with van der Waals surface area (Å²) in [5.74, 6) is 0.500. The van der Waals surface area contributed by atoms with Crippen LogP contribution in [0.5, 0.6) is 0 Å². The molecule has 1 saturated carbocycles. The first kappa shape index (κ1) is 19.6. The SMILES string of the molecule is CN(CCCC(C#N)(c1ccc(Br)c(Br)c1)C1CC1)Cc1ccccc1. The molecule has 1 unspecified atom stereocenters. The van der Waals surface area contributed by atoms with Crippen LogP contribution in [0, 0.1) is 17.2 Å². The Morgan fingerprint density at radius 2 is 1.85 bits per heavy atom. The van der Waals surface area contributed by atoms with E-state index in [1.807, 2.05) is 0 Å². The number of rotatable bonds is 8. The molecule has 1 fully saturated rings. The lowest BCUT2D eigenvalue weighted by Crippen LogP contribution is -2.29. The van der Waals surface area contributed by atoms with Crippen molar-refractivity contribution in [3.05, 3.63) is 68.6 Å². The van der Waals surface area contributed by atoms with Crippen LogP contribution in [0.2, 0.25) is 0 Å². The van der Waals surface area contributed by atoms with Crippen LogP contribution in [-0.2, 0) is 12.0 Å². The number of nitriles is 1. The summed E-state index contributed by atoms with van der Waals surface area (Å²) in [5.41, 5.74) is 2.14. The summed E-state index contributed by atoms with van der Waals surface area (Å²) in [6.07, 6.45) is 4.28. The van der Waals surface area contributed by atoms with Crippen LogP contribution >= 0.6 is 31.9 Å². The van der Waals surface area contributed by atoms with Gasteiger partial charge in [-0.1, -0.05) is 36.4 Å². The van der Waals surface area contributed by atoms with Crippen LogP contribution in [0.3, 0.4) is 0 Å². The molecule has 3 rings (SSSR count). The van der Waals surface area contributed by atoms with Crippen molar-refractivity contribution in [1.82, 2.24) is 4.90 Å². The average molecular weight is 476 g/mol. The van der Waals surface area contributed by atoms with Crippen LogP contribution < -0.4 is 0 Å². The topological polar surface area (TPSA) is 27.0 Å². The van der Waals surface area contributed by atoms with Gasteiger partial charge in [0.15, 0.2) is 0 Å². The third-order valence-electron chi connectivity index (χ3n) is 5.31. The van der Waals surface area contributed by atoms with Crippen LogP contribution in [0.1, 0.15) is 36.8 Å². The summed E-state index contributed by atoms with van der Waals surface area (Å²) in [6, 6.07) is 19.6. The van der Waals surface area contributed by atoms with Gasteiger partial charge in [-0.05, 0) is 100 Å². The molecule has 136 valence electrons. The lowest BCUT2D eigenvalue weighted by Gasteiger charge is -2.29. The van der Waals surface area contributed by atoms with Crippen LogP contribution in [0.25, 0.3) is 0 Å². The van der Waals surface area contributed by atoms with E-state index in [0.29, 0.717) is 5.92 Å². The molecule has 0 radical (unpaired) electrons. The molecule has 2 nitrogen and oxygen atoms in total. The zero-order valence-corrected chi connectivity index (χ0v) is 18.3. The maximum Gasteiger partial charge on any atom is 0.0851 e. The van der Waals surface area contributed by atoms with Gasteiger partial charge in [0.1, 0.15) is 0 Å². The third kappa shape index (κ3) is 4.57. The molecule has 0 aliphatic heterocycles. The highest BCUT2D eigenvalue weighted by molar-refractivity contribution is 9.13. The van der Waals surface area contributed by atoms with Gasteiger partial charge in [0.25, 0.3) is 0 Å². The molecular weight excluding hydrogens is 452 g/mol. The van der Waals surface area contributed by atoms with E-state index in [1.54, 1.807) is 0 Å². The normalized spacial score (nSPS) is 16.3. The molecule has 0 saturated heterocycles. The van der Waals surface area contributed by atoms with Crippen molar-refractivity contribution >= 4 is 31.9 Å². The number of nitrogens with zero attached hydrogens (tertiary/aromatic N) is 2. The molecule has 1 atom stereocenters. The maximum atomic E-state index is 10.1. The van der Waals surface area contributed by atoms with Crippen molar-refractivity contribution in [3.8, 4) is 6.07 Å². The smallest absolute Gasteiger partial charge is 0.0851 e. The van der Waals surface area contributed by atoms with Crippen LogP contribution in [-0.4, -0.2) is 18.5 Å². The quantitative estimate of drug-likeness (QED) is 0.448. The van der Waals surface area contributed by atoms with E-state index in [2.05, 4.69) is 98.4 Å². The highest BCUT2D eigenvalue weighted by Gasteiger charge is 2.46. The van der Waals surface area contributed by atoms with E-state index in [4.69, 9.17) is 0 Å². The fourth-order valence-electron chi connectivity index (χ4n) is 3.75. The van der Waals surface area contributed by atoms with Crippen LogP contribution in [0.15, 0.2) is 57.5 Å². The largest absolute Gasteiger partial charge is 0.302 e. The second kappa shape index (κ2) is 8.69. The molecule has 0 N–H and O–H groups in total. The van der Waals surface area contributed by atoms with Crippen molar-refractivity contribution in [2.75, 3.05) is 13.6 Å². The molecule has 0 bridgehead atoms. The Bertz CT molecular complexity index is 780. The Morgan fingerprint density at radius 1 is 1.12 bits per heavy atom. The van der Waals surface area contributed by atoms with Crippen LogP contribution in [0.4, 0.5) is 0 Å². The summed E-state index contributed by atoms with van der Waals surface area (Å²) in [5, 5.41) is 10.1. The first-order valence-electron chi connectivity index (χ1n) is 9.14. The van der Waals surface area contributed by atoms with Gasteiger partial charge < -0.3 is 4.90 Å². The molecule has 0 aromatic heterocycles. The van der Waals surface area contributed by atoms with Crippen molar-refractivity contribution in [1.29, 1.82) is 5.26 Å². The second-order valence-corrected chi connectivity index (χ2v) is 9.02. The van der Waals surface area contributed by atoms with E-state index in [9.17, 15) is 5.26 Å². The molecule has 26 heavy (non-hydrogen) atoms. The summed E-state index contributed by atoms with van der Waals surface area (Å²) in [6.45, 7) is 1.95. The molecule has 0 spiro atoms. The average Bonchev–Trinajstić information content (AvgIpc) is 3.48. The molecule has 2 aromatic rings. The third-order valence-corrected chi connectivity index (χ3v) is 7.19. The molecule has 1 aliphatic carbocycles. The predicted octanol–water partition coefficient (Wildman–Crippen LogP) is 6.30. The lowest BCUT2D eigenvalue weighted by atomic mass is 9.74. The van der Waals surface area contributed by atoms with Crippen molar-refractivity contribution in [3.63, 3.8) is 0 Å². The zero-order valence-electron chi connectivity index (χ0n) is 15.1. The van der Waals surface area contributed by atoms with Crippen molar-refractivity contribution in [2.24, 2.45) is 5.92 Å². The minimum atomic E-state index is -0.350. The first-order valence-corrected chi connectivity index (χ1v) is 10.7. The van der Waals surface area contributed by atoms with E-state index in [1.165, 1.54) is 18.4 Å². The zero-order chi connectivity index (χ0) is 18.6. The van der Waals surface area contributed by atoms with Gasteiger partial charge in [-0.25, -0.2) is 0 Å². The lowest BCUT2D eigenvalue weighted by molar-refractivity contribution is 0.299. The van der Waals surface area contributed by atoms with E-state index < -0.39 is 0 Å². The standard InChI is InChI=1S/C22H24Br2N2/c1-26(15-17-6-3-2-4-7-17)13-5-12-22(16-25,18-8-9-18)19-10-11-20(23)21(24)14-19/h2-4,6-7,10-11,14,18H,5,8-9,12-13,15H2,1H3. The maximum absolute atomic E-state index is 10.1. The fourth-order valence-corrected chi connectivity index (χ4v) is 4.37. The monoisotopic (exact) mass is 474 g/mol. The number of benzene rings is 2. The summed E-state index contributed by atoms with van der Waals surface area (Å²) in [4.78, 5) is 2.35. The Labute approximate surface area is 173 Å². The van der Waals surface area contributed by atoms with Gasteiger partial charge in [-0.15, -0.1) is 0 Å². The molecule has 4 heteroatoms. The Hall–Kier alpha value is -1.15. The van der Waals surface area contributed by atoms with Crippen molar-refractivity contribution in [2.45, 2.75) is 37.6 Å². The van der Waals surface area contributed by atoms with Gasteiger partial charge in [0, 0.05) is 15.5 Å². The van der Waals surface area contributed by atoms with Gasteiger partial charge in [0.05, 0.1) is 11.5 Å². The summed E-state index contributed by atoms with van der Waals surface area (Å²) in [7, 11) is 2.16. The minimum Gasteiger partial charge on any atom is -0.302 e. The highest BCUT2D eigenvalue weighted by atomic mass is 79.9. The van der Waals surface area contributed by atoms with Gasteiger partial charge in [0.2, 0.25) is 0 Å². The number of halogens is 2. The Morgan fingerprint density at radius 3 is 2.46 bits per heavy atom. The Kier molecular flexibility index (Phi) is 6.55. The molecule has 0 amide bonds. The second-order valence-electron chi connectivity index (χ2n) is 7.31. The fraction of sp³-hybridized carbons (Fsp3) is 0.409. The van der Waals surface area contributed by atoms with Gasteiger partial charge in [-0.2, -0.15) is 5.26 Å². The number of hydrogen-bond donors (Lipinski definition) is 0. The van der Waals surface area contributed by atoms with E-state index in [0.717, 1.165) is 40.4 Å². The summed E-state index contributed by atoms with van der Waals surface area (Å²) >= 11 is 7.14. The summed E-state index contributed by atoms with van der Waals surface area (Å²) < 4.78 is 2.06. The molecule has 0 heterocycles. The molecular formula is C22H24Br2N2. The highest BCUT2D eigenvalue weighted by Crippen LogP contribution is 2.50.